The number of carbonyl (C=O) groups is 1. The molecular formula is C15H16N2O2. The molecule has 0 spiro atoms. The average molecular weight is 256 g/mol. The first kappa shape index (κ1) is 13.0. The first-order valence-electron chi connectivity index (χ1n) is 5.99. The van der Waals surface area contributed by atoms with Crippen LogP contribution in [0.1, 0.15) is 11.1 Å². The van der Waals surface area contributed by atoms with Gasteiger partial charge in [-0.1, -0.05) is 18.2 Å². The predicted octanol–water partition coefficient (Wildman–Crippen LogP) is 2.46. The minimum absolute atomic E-state index is 0.131. The van der Waals surface area contributed by atoms with Gasteiger partial charge in [0.05, 0.1) is 6.42 Å². The van der Waals surface area contributed by atoms with E-state index in [4.69, 9.17) is 5.73 Å². The maximum Gasteiger partial charge on any atom is 0.228 e. The zero-order chi connectivity index (χ0) is 13.8. The molecule has 0 bridgehead atoms. The number of aromatic hydroxyl groups is 1. The number of amides is 1. The Morgan fingerprint density at radius 1 is 1.26 bits per heavy atom. The fourth-order valence-corrected chi connectivity index (χ4v) is 1.85. The van der Waals surface area contributed by atoms with Gasteiger partial charge in [0.15, 0.2) is 0 Å². The van der Waals surface area contributed by atoms with Gasteiger partial charge in [-0.15, -0.1) is 0 Å². The number of phenolic OH excluding ortho intramolecular Hbond substituents is 1. The molecule has 98 valence electrons. The van der Waals surface area contributed by atoms with Gasteiger partial charge in [0, 0.05) is 16.9 Å². The summed E-state index contributed by atoms with van der Waals surface area (Å²) in [6, 6.07) is 12.1. The normalized spacial score (nSPS) is 10.2. The molecule has 0 aliphatic rings. The number of nitrogens with two attached hydrogens (primary N) is 1. The topological polar surface area (TPSA) is 75.3 Å². The molecule has 2 aromatic carbocycles. The second-order valence-corrected chi connectivity index (χ2v) is 4.43. The number of rotatable bonds is 3. The molecule has 19 heavy (non-hydrogen) atoms. The van der Waals surface area contributed by atoms with Gasteiger partial charge in [-0.25, -0.2) is 0 Å². The predicted molar refractivity (Wildman–Crippen MR) is 76.0 cm³/mol. The van der Waals surface area contributed by atoms with E-state index in [1.165, 1.54) is 0 Å². The number of hydrogen-bond donors (Lipinski definition) is 3. The minimum atomic E-state index is -0.172. The van der Waals surface area contributed by atoms with Gasteiger partial charge < -0.3 is 16.2 Å². The molecule has 0 aliphatic heterocycles. The van der Waals surface area contributed by atoms with Crippen molar-refractivity contribution in [2.24, 2.45) is 0 Å². The molecule has 0 fully saturated rings. The Morgan fingerprint density at radius 2 is 2.00 bits per heavy atom. The summed E-state index contributed by atoms with van der Waals surface area (Å²) in [4.78, 5) is 11.9. The molecule has 0 aromatic heterocycles. The highest BCUT2D eigenvalue weighted by Gasteiger charge is 2.08. The number of anilines is 2. The molecule has 2 rings (SSSR count). The number of phenols is 1. The van der Waals surface area contributed by atoms with E-state index in [1.807, 2.05) is 6.92 Å². The first-order chi connectivity index (χ1) is 9.06. The van der Waals surface area contributed by atoms with Crippen LogP contribution in [0, 0.1) is 6.92 Å². The van der Waals surface area contributed by atoms with E-state index in [2.05, 4.69) is 5.32 Å². The SMILES string of the molecule is Cc1cc(N)ccc1NC(=O)Cc1ccccc1O. The fraction of sp³-hybridized carbons (Fsp3) is 0.133. The third kappa shape index (κ3) is 3.25. The summed E-state index contributed by atoms with van der Waals surface area (Å²) in [6.45, 7) is 1.88. The number of aryl methyl sites for hydroxylation is 1. The van der Waals surface area contributed by atoms with Crippen LogP contribution < -0.4 is 11.1 Å². The molecular weight excluding hydrogens is 240 g/mol. The fourth-order valence-electron chi connectivity index (χ4n) is 1.85. The van der Waals surface area contributed by atoms with E-state index >= 15 is 0 Å². The minimum Gasteiger partial charge on any atom is -0.508 e. The van der Waals surface area contributed by atoms with Crippen molar-refractivity contribution in [2.45, 2.75) is 13.3 Å². The van der Waals surface area contributed by atoms with Crippen molar-refractivity contribution in [3.05, 3.63) is 53.6 Å². The summed E-state index contributed by atoms with van der Waals surface area (Å²) >= 11 is 0. The summed E-state index contributed by atoms with van der Waals surface area (Å²) < 4.78 is 0. The molecule has 4 nitrogen and oxygen atoms in total. The van der Waals surface area contributed by atoms with E-state index < -0.39 is 0 Å². The highest BCUT2D eigenvalue weighted by molar-refractivity contribution is 5.93. The van der Waals surface area contributed by atoms with Crippen molar-refractivity contribution >= 4 is 17.3 Å². The number of nitrogens with one attached hydrogen (secondary N) is 1. The molecule has 0 radical (unpaired) electrons. The number of hydrogen-bond acceptors (Lipinski definition) is 3. The van der Waals surface area contributed by atoms with Crippen LogP contribution >= 0.6 is 0 Å². The largest absolute Gasteiger partial charge is 0.508 e. The summed E-state index contributed by atoms with van der Waals surface area (Å²) in [6.07, 6.45) is 0.135. The van der Waals surface area contributed by atoms with Gasteiger partial charge in [0.2, 0.25) is 5.91 Å². The maximum absolute atomic E-state index is 11.9. The van der Waals surface area contributed by atoms with Gasteiger partial charge in [-0.05, 0) is 36.8 Å². The van der Waals surface area contributed by atoms with Gasteiger partial charge in [0.25, 0.3) is 0 Å². The van der Waals surface area contributed by atoms with Crippen molar-refractivity contribution in [3.63, 3.8) is 0 Å². The van der Waals surface area contributed by atoms with E-state index in [0.717, 1.165) is 11.3 Å². The lowest BCUT2D eigenvalue weighted by molar-refractivity contribution is -0.115. The van der Waals surface area contributed by atoms with Gasteiger partial charge in [-0.3, -0.25) is 4.79 Å². The zero-order valence-corrected chi connectivity index (χ0v) is 10.7. The van der Waals surface area contributed by atoms with Crippen molar-refractivity contribution in [2.75, 3.05) is 11.1 Å². The highest BCUT2D eigenvalue weighted by Crippen LogP contribution is 2.20. The van der Waals surface area contributed by atoms with Crippen LogP contribution in [-0.2, 0) is 11.2 Å². The van der Waals surface area contributed by atoms with Crippen LogP contribution in [0.15, 0.2) is 42.5 Å². The standard InChI is InChI=1S/C15H16N2O2/c1-10-8-12(16)6-7-13(10)17-15(19)9-11-4-2-3-5-14(11)18/h2-8,18H,9,16H2,1H3,(H,17,19). The van der Waals surface area contributed by atoms with Crippen LogP contribution in [0.25, 0.3) is 0 Å². The van der Waals surface area contributed by atoms with Crippen molar-refractivity contribution in [1.82, 2.24) is 0 Å². The van der Waals surface area contributed by atoms with Crippen LogP contribution in [-0.4, -0.2) is 11.0 Å². The third-order valence-electron chi connectivity index (χ3n) is 2.87. The van der Waals surface area contributed by atoms with Crippen LogP contribution in [0.5, 0.6) is 5.75 Å². The Kier molecular flexibility index (Phi) is 3.71. The quantitative estimate of drug-likeness (QED) is 0.738. The molecule has 2 aromatic rings. The Hall–Kier alpha value is -2.49. The second kappa shape index (κ2) is 5.44. The number of benzene rings is 2. The maximum atomic E-state index is 11.9. The lowest BCUT2D eigenvalue weighted by Gasteiger charge is -2.09. The van der Waals surface area contributed by atoms with Crippen LogP contribution in [0.4, 0.5) is 11.4 Å². The van der Waals surface area contributed by atoms with Gasteiger partial charge in [0.1, 0.15) is 5.75 Å². The Labute approximate surface area is 111 Å². The molecule has 0 saturated heterocycles. The van der Waals surface area contributed by atoms with Crippen molar-refractivity contribution in [1.29, 1.82) is 0 Å². The molecule has 0 heterocycles. The molecule has 1 amide bonds. The van der Waals surface area contributed by atoms with E-state index in [0.29, 0.717) is 11.3 Å². The van der Waals surface area contributed by atoms with Gasteiger partial charge in [-0.2, -0.15) is 0 Å². The number of nitrogen functional groups attached to an aromatic ring is 1. The van der Waals surface area contributed by atoms with Crippen molar-refractivity contribution in [3.8, 4) is 5.75 Å². The third-order valence-corrected chi connectivity index (χ3v) is 2.87. The summed E-state index contributed by atoms with van der Waals surface area (Å²) in [5, 5.41) is 12.4. The summed E-state index contributed by atoms with van der Waals surface area (Å²) in [7, 11) is 0. The van der Waals surface area contributed by atoms with E-state index in [1.54, 1.807) is 42.5 Å². The summed E-state index contributed by atoms with van der Waals surface area (Å²) in [5.41, 5.74) is 8.56. The monoisotopic (exact) mass is 256 g/mol. The molecule has 0 saturated carbocycles. The first-order valence-corrected chi connectivity index (χ1v) is 5.99. The molecule has 0 atom stereocenters. The average Bonchev–Trinajstić information content (AvgIpc) is 2.36. The molecule has 4 N–H and O–H groups in total. The van der Waals surface area contributed by atoms with Gasteiger partial charge >= 0.3 is 0 Å². The van der Waals surface area contributed by atoms with Crippen LogP contribution in [0.2, 0.25) is 0 Å². The summed E-state index contributed by atoms with van der Waals surface area (Å²) in [5.74, 6) is -0.0407. The van der Waals surface area contributed by atoms with Crippen molar-refractivity contribution < 1.29 is 9.90 Å². The molecule has 0 aliphatic carbocycles. The Balaban J connectivity index is 2.08. The second-order valence-electron chi connectivity index (χ2n) is 4.43. The van der Waals surface area contributed by atoms with Crippen LogP contribution in [0.3, 0.4) is 0 Å². The number of para-hydroxylation sites is 1. The Bertz CT molecular complexity index is 609. The zero-order valence-electron chi connectivity index (χ0n) is 10.7. The Morgan fingerprint density at radius 3 is 2.68 bits per heavy atom. The van der Waals surface area contributed by atoms with E-state index in [9.17, 15) is 9.90 Å². The smallest absolute Gasteiger partial charge is 0.228 e. The lowest BCUT2D eigenvalue weighted by Crippen LogP contribution is -2.15. The highest BCUT2D eigenvalue weighted by atomic mass is 16.3. The lowest BCUT2D eigenvalue weighted by atomic mass is 10.1. The number of carbonyl (C=O) groups excluding carboxylic acids is 1. The van der Waals surface area contributed by atoms with E-state index in [-0.39, 0.29) is 18.1 Å². The molecule has 4 heteroatoms. The molecule has 0 unspecified atom stereocenters.